The van der Waals surface area contributed by atoms with Crippen molar-refractivity contribution in [3.63, 3.8) is 0 Å². The molecule has 5 nitrogen and oxygen atoms in total. The molecule has 0 aromatic heterocycles. The second-order valence-corrected chi connectivity index (χ2v) is 6.00. The second-order valence-electron chi connectivity index (χ2n) is 6.00. The molecule has 5 heteroatoms. The maximum atomic E-state index is 12.2. The van der Waals surface area contributed by atoms with E-state index in [1.165, 1.54) is 12.8 Å². The van der Waals surface area contributed by atoms with Crippen LogP contribution >= 0.6 is 0 Å². The third kappa shape index (κ3) is 4.59. The summed E-state index contributed by atoms with van der Waals surface area (Å²) in [6.07, 6.45) is 2.45. The van der Waals surface area contributed by atoms with Crippen LogP contribution in [0.2, 0.25) is 0 Å². The number of ether oxygens (including phenoxy) is 1. The summed E-state index contributed by atoms with van der Waals surface area (Å²) in [5, 5.41) is 11.5. The smallest absolute Gasteiger partial charge is 0.307 e. The van der Waals surface area contributed by atoms with Gasteiger partial charge in [-0.2, -0.15) is 0 Å². The van der Waals surface area contributed by atoms with Gasteiger partial charge in [-0.05, 0) is 60.7 Å². The topological polar surface area (TPSA) is 75.6 Å². The fourth-order valence-corrected chi connectivity index (χ4v) is 2.28. The van der Waals surface area contributed by atoms with E-state index in [-0.39, 0.29) is 12.3 Å². The second kappa shape index (κ2) is 7.17. The lowest BCUT2D eigenvalue weighted by Crippen LogP contribution is -2.12. The van der Waals surface area contributed by atoms with Crippen molar-refractivity contribution in [2.75, 3.05) is 11.9 Å². The first-order chi connectivity index (χ1) is 11.6. The minimum Gasteiger partial charge on any atom is -0.493 e. The lowest BCUT2D eigenvalue weighted by atomic mass is 10.1. The summed E-state index contributed by atoms with van der Waals surface area (Å²) in [6.45, 7) is 0.744. The number of hydrogen-bond acceptors (Lipinski definition) is 3. The molecule has 24 heavy (non-hydrogen) atoms. The van der Waals surface area contributed by atoms with Gasteiger partial charge < -0.3 is 15.2 Å². The van der Waals surface area contributed by atoms with Crippen LogP contribution in [0.1, 0.15) is 28.8 Å². The van der Waals surface area contributed by atoms with Crippen LogP contribution in [0, 0.1) is 5.92 Å². The molecule has 0 spiro atoms. The highest BCUT2D eigenvalue weighted by Crippen LogP contribution is 2.29. The first-order valence-electron chi connectivity index (χ1n) is 7.95. The van der Waals surface area contributed by atoms with E-state index in [2.05, 4.69) is 5.32 Å². The number of carbonyl (C=O) groups is 2. The minimum absolute atomic E-state index is 0.0312. The molecule has 0 bridgehead atoms. The average Bonchev–Trinajstić information content (AvgIpc) is 3.39. The van der Waals surface area contributed by atoms with Gasteiger partial charge in [0, 0.05) is 11.3 Å². The van der Waals surface area contributed by atoms with E-state index in [0.29, 0.717) is 22.7 Å². The molecule has 1 amide bonds. The number of aliphatic carboxylic acids is 1. The van der Waals surface area contributed by atoms with Crippen LogP contribution < -0.4 is 10.1 Å². The number of carboxylic acids is 1. The van der Waals surface area contributed by atoms with Crippen LogP contribution in [0.5, 0.6) is 5.75 Å². The predicted octanol–water partition coefficient (Wildman–Crippen LogP) is 3.35. The molecule has 0 radical (unpaired) electrons. The molecule has 2 aromatic carbocycles. The Hall–Kier alpha value is -2.82. The number of anilines is 1. The Morgan fingerprint density at radius 2 is 1.71 bits per heavy atom. The first-order valence-corrected chi connectivity index (χ1v) is 7.95. The number of amides is 1. The molecule has 1 aliphatic carbocycles. The van der Waals surface area contributed by atoms with Gasteiger partial charge >= 0.3 is 5.97 Å². The van der Waals surface area contributed by atoms with Crippen molar-refractivity contribution in [3.8, 4) is 5.75 Å². The fraction of sp³-hybridized carbons (Fsp3) is 0.263. The minimum atomic E-state index is -0.879. The van der Waals surface area contributed by atoms with Gasteiger partial charge in [0.2, 0.25) is 0 Å². The number of nitrogens with one attached hydrogen (secondary N) is 1. The lowest BCUT2D eigenvalue weighted by Gasteiger charge is -2.08. The number of carbonyl (C=O) groups excluding carboxylic acids is 1. The Morgan fingerprint density at radius 1 is 1.04 bits per heavy atom. The van der Waals surface area contributed by atoms with Crippen LogP contribution in [-0.4, -0.2) is 23.6 Å². The van der Waals surface area contributed by atoms with Gasteiger partial charge in [-0.15, -0.1) is 0 Å². The van der Waals surface area contributed by atoms with Gasteiger partial charge in [0.1, 0.15) is 5.75 Å². The van der Waals surface area contributed by atoms with Gasteiger partial charge in [0.15, 0.2) is 0 Å². The summed E-state index contributed by atoms with van der Waals surface area (Å²) in [6, 6.07) is 13.8. The predicted molar refractivity (Wildman–Crippen MR) is 90.4 cm³/mol. The number of rotatable bonds is 7. The molecule has 1 saturated carbocycles. The summed E-state index contributed by atoms with van der Waals surface area (Å²) in [4.78, 5) is 22.9. The van der Waals surface area contributed by atoms with E-state index in [9.17, 15) is 9.59 Å². The number of carboxylic acid groups (broad SMARTS) is 1. The Morgan fingerprint density at radius 3 is 2.29 bits per heavy atom. The van der Waals surface area contributed by atoms with E-state index in [0.717, 1.165) is 12.4 Å². The highest BCUT2D eigenvalue weighted by Gasteiger charge is 2.21. The Bertz CT molecular complexity index is 718. The van der Waals surface area contributed by atoms with Gasteiger partial charge in [-0.25, -0.2) is 0 Å². The Kier molecular flexibility index (Phi) is 4.79. The van der Waals surface area contributed by atoms with Gasteiger partial charge in [0.05, 0.1) is 13.0 Å². The van der Waals surface area contributed by atoms with Crippen LogP contribution in [0.4, 0.5) is 5.69 Å². The van der Waals surface area contributed by atoms with Crippen molar-refractivity contribution in [1.82, 2.24) is 0 Å². The zero-order chi connectivity index (χ0) is 16.9. The molecule has 0 aliphatic heterocycles. The zero-order valence-corrected chi connectivity index (χ0v) is 13.2. The monoisotopic (exact) mass is 325 g/mol. The molecule has 2 aromatic rings. The highest BCUT2D eigenvalue weighted by molar-refractivity contribution is 6.04. The van der Waals surface area contributed by atoms with E-state index in [1.54, 1.807) is 48.5 Å². The summed E-state index contributed by atoms with van der Waals surface area (Å²) in [7, 11) is 0. The third-order valence-corrected chi connectivity index (χ3v) is 3.87. The molecule has 0 saturated heterocycles. The SMILES string of the molecule is O=C(O)Cc1ccc(NC(=O)c2ccc(OCC3CC3)cc2)cc1. The van der Waals surface area contributed by atoms with Crippen molar-refractivity contribution >= 4 is 17.6 Å². The average molecular weight is 325 g/mol. The molecular formula is C19H19NO4. The van der Waals surface area contributed by atoms with Crippen LogP contribution in [0.15, 0.2) is 48.5 Å². The van der Waals surface area contributed by atoms with Crippen LogP contribution in [0.3, 0.4) is 0 Å². The van der Waals surface area contributed by atoms with E-state index in [1.807, 2.05) is 0 Å². The van der Waals surface area contributed by atoms with E-state index < -0.39 is 5.97 Å². The van der Waals surface area contributed by atoms with Gasteiger partial charge in [-0.3, -0.25) is 9.59 Å². The van der Waals surface area contributed by atoms with Crippen molar-refractivity contribution in [3.05, 3.63) is 59.7 Å². The van der Waals surface area contributed by atoms with Gasteiger partial charge in [-0.1, -0.05) is 12.1 Å². The van der Waals surface area contributed by atoms with E-state index >= 15 is 0 Å². The van der Waals surface area contributed by atoms with Crippen LogP contribution in [0.25, 0.3) is 0 Å². The first kappa shape index (κ1) is 16.1. The van der Waals surface area contributed by atoms with Crippen LogP contribution in [-0.2, 0) is 11.2 Å². The molecule has 1 fully saturated rings. The number of hydrogen-bond donors (Lipinski definition) is 2. The lowest BCUT2D eigenvalue weighted by molar-refractivity contribution is -0.136. The molecule has 1 aliphatic rings. The summed E-state index contributed by atoms with van der Waals surface area (Å²) >= 11 is 0. The quantitative estimate of drug-likeness (QED) is 0.818. The molecule has 2 N–H and O–H groups in total. The van der Waals surface area contributed by atoms with Gasteiger partial charge in [0.25, 0.3) is 5.91 Å². The van der Waals surface area contributed by atoms with Crippen molar-refractivity contribution in [2.45, 2.75) is 19.3 Å². The molecule has 0 atom stereocenters. The summed E-state index contributed by atoms with van der Waals surface area (Å²) in [5.41, 5.74) is 1.87. The molecular weight excluding hydrogens is 306 g/mol. The Labute approximate surface area is 140 Å². The largest absolute Gasteiger partial charge is 0.493 e. The molecule has 0 heterocycles. The highest BCUT2D eigenvalue weighted by atomic mass is 16.5. The Balaban J connectivity index is 1.56. The molecule has 3 rings (SSSR count). The summed E-state index contributed by atoms with van der Waals surface area (Å²) in [5.74, 6) is 0.374. The van der Waals surface area contributed by atoms with E-state index in [4.69, 9.17) is 9.84 Å². The molecule has 124 valence electrons. The standard InChI is InChI=1S/C19H19NO4/c21-18(22)11-13-3-7-16(8-4-13)20-19(23)15-5-9-17(10-6-15)24-12-14-1-2-14/h3-10,14H,1-2,11-12H2,(H,20,23)(H,21,22). The fourth-order valence-electron chi connectivity index (χ4n) is 2.28. The maximum Gasteiger partial charge on any atom is 0.307 e. The van der Waals surface area contributed by atoms with Crippen molar-refractivity contribution < 1.29 is 19.4 Å². The van der Waals surface area contributed by atoms with Crippen molar-refractivity contribution in [1.29, 1.82) is 0 Å². The zero-order valence-electron chi connectivity index (χ0n) is 13.2. The molecule has 0 unspecified atom stereocenters. The normalized spacial score (nSPS) is 13.3. The maximum absolute atomic E-state index is 12.2. The third-order valence-electron chi connectivity index (χ3n) is 3.87. The number of benzene rings is 2. The summed E-state index contributed by atoms with van der Waals surface area (Å²) < 4.78 is 5.65. The van der Waals surface area contributed by atoms with Crippen molar-refractivity contribution in [2.24, 2.45) is 5.92 Å².